The lowest BCUT2D eigenvalue weighted by Crippen LogP contribution is -2.46. The highest BCUT2D eigenvalue weighted by Crippen LogP contribution is 2.21. The van der Waals surface area contributed by atoms with Crippen LogP contribution in [0.15, 0.2) is 60.7 Å². The number of piperidine rings is 2. The Morgan fingerprint density at radius 2 is 1.32 bits per heavy atom. The topological polar surface area (TPSA) is 117 Å². The molecule has 0 spiro atoms. The van der Waals surface area contributed by atoms with Crippen LogP contribution in [0.1, 0.15) is 24.0 Å². The Hall–Kier alpha value is -3.11. The summed E-state index contributed by atoms with van der Waals surface area (Å²) in [4.78, 5) is 38.9. The lowest BCUT2D eigenvalue weighted by molar-refractivity contribution is -0.153. The zero-order valence-electron chi connectivity index (χ0n) is 22.5. The average molecular weight is 529 g/mol. The Bertz CT molecular complexity index is 987. The van der Waals surface area contributed by atoms with Crippen LogP contribution in [0.5, 0.6) is 0 Å². The fourth-order valence-corrected chi connectivity index (χ4v) is 4.66. The van der Waals surface area contributed by atoms with E-state index in [1.54, 1.807) is 0 Å². The molecule has 4 rings (SSSR count). The van der Waals surface area contributed by atoms with Crippen LogP contribution >= 0.6 is 0 Å². The minimum Gasteiger partial charge on any atom is -0.469 e. The molecule has 2 aliphatic rings. The molecule has 0 aliphatic carbocycles. The fourth-order valence-electron chi connectivity index (χ4n) is 4.66. The van der Waals surface area contributed by atoms with Gasteiger partial charge in [0.25, 0.3) is 0 Å². The number of esters is 2. The van der Waals surface area contributed by atoms with Crippen LogP contribution < -0.4 is 0 Å². The van der Waals surface area contributed by atoms with E-state index in [1.165, 1.54) is 25.3 Å². The molecule has 38 heavy (non-hydrogen) atoms. The molecule has 0 aromatic heterocycles. The number of methoxy groups -OCH3 is 2. The predicted octanol–water partition coefficient (Wildman–Crippen LogP) is 1.90. The second kappa shape index (κ2) is 16.7. The van der Waals surface area contributed by atoms with Gasteiger partial charge in [-0.15, -0.1) is 0 Å². The first kappa shape index (κ1) is 31.1. The SMILES string of the molecule is CO.COC(=O)C1CCN(Cc2ccccc2)CC1=O.COC(=O)C1CCN(Cc2ccccc2)CC1O. The van der Waals surface area contributed by atoms with Gasteiger partial charge in [0.05, 0.1) is 32.8 Å². The van der Waals surface area contributed by atoms with Crippen molar-refractivity contribution in [3.8, 4) is 0 Å². The van der Waals surface area contributed by atoms with Crippen molar-refractivity contribution in [3.63, 3.8) is 0 Å². The number of rotatable bonds is 6. The van der Waals surface area contributed by atoms with E-state index < -0.39 is 18.0 Å². The molecule has 2 N–H and O–H groups in total. The van der Waals surface area contributed by atoms with Crippen LogP contribution in [0.25, 0.3) is 0 Å². The van der Waals surface area contributed by atoms with Crippen LogP contribution in [-0.4, -0.2) is 91.3 Å². The lowest BCUT2D eigenvalue weighted by Gasteiger charge is -2.34. The summed E-state index contributed by atoms with van der Waals surface area (Å²) < 4.78 is 9.33. The van der Waals surface area contributed by atoms with E-state index >= 15 is 0 Å². The van der Waals surface area contributed by atoms with Crippen molar-refractivity contribution in [2.75, 3.05) is 47.5 Å². The van der Waals surface area contributed by atoms with Gasteiger partial charge in [-0.1, -0.05) is 60.7 Å². The predicted molar refractivity (Wildman–Crippen MR) is 143 cm³/mol. The highest BCUT2D eigenvalue weighted by Gasteiger charge is 2.34. The van der Waals surface area contributed by atoms with Gasteiger partial charge in [-0.3, -0.25) is 24.2 Å². The second-order valence-corrected chi connectivity index (χ2v) is 9.23. The molecule has 3 atom stereocenters. The number of aliphatic hydroxyl groups is 2. The van der Waals surface area contributed by atoms with Crippen LogP contribution in [0, 0.1) is 11.8 Å². The van der Waals surface area contributed by atoms with Crippen LogP contribution in [0.2, 0.25) is 0 Å². The first-order valence-corrected chi connectivity index (χ1v) is 12.7. The van der Waals surface area contributed by atoms with Gasteiger partial charge in [0.15, 0.2) is 5.78 Å². The van der Waals surface area contributed by atoms with Crippen molar-refractivity contribution in [2.24, 2.45) is 11.8 Å². The number of carbonyl (C=O) groups excluding carboxylic acids is 3. The molecule has 2 aliphatic heterocycles. The van der Waals surface area contributed by atoms with Crippen molar-refractivity contribution >= 4 is 17.7 Å². The number of ketones is 1. The Balaban J connectivity index is 0.000000251. The maximum atomic E-state index is 11.9. The molecule has 0 radical (unpaired) electrons. The van der Waals surface area contributed by atoms with Crippen molar-refractivity contribution in [3.05, 3.63) is 71.8 Å². The third-order valence-corrected chi connectivity index (χ3v) is 6.66. The first-order chi connectivity index (χ1) is 18.4. The zero-order valence-corrected chi connectivity index (χ0v) is 22.5. The quantitative estimate of drug-likeness (QED) is 0.428. The maximum absolute atomic E-state index is 11.9. The number of nitrogens with zero attached hydrogens (tertiary/aromatic N) is 2. The summed E-state index contributed by atoms with van der Waals surface area (Å²) in [5.41, 5.74) is 2.41. The highest BCUT2D eigenvalue weighted by molar-refractivity contribution is 6.00. The van der Waals surface area contributed by atoms with Crippen molar-refractivity contribution in [2.45, 2.75) is 32.0 Å². The minimum atomic E-state index is -0.630. The maximum Gasteiger partial charge on any atom is 0.316 e. The van der Waals surface area contributed by atoms with Gasteiger partial charge in [0.2, 0.25) is 0 Å². The van der Waals surface area contributed by atoms with Crippen LogP contribution in [-0.2, 0) is 36.9 Å². The van der Waals surface area contributed by atoms with Crippen molar-refractivity contribution in [1.82, 2.24) is 9.80 Å². The molecule has 2 aromatic rings. The van der Waals surface area contributed by atoms with E-state index in [-0.39, 0.29) is 17.7 Å². The summed E-state index contributed by atoms with van der Waals surface area (Å²) in [5.74, 6) is -1.69. The number of hydrogen-bond donors (Lipinski definition) is 2. The summed E-state index contributed by atoms with van der Waals surface area (Å²) in [5, 5.41) is 17.0. The summed E-state index contributed by atoms with van der Waals surface area (Å²) >= 11 is 0. The third-order valence-electron chi connectivity index (χ3n) is 6.66. The van der Waals surface area contributed by atoms with E-state index in [4.69, 9.17) is 9.84 Å². The number of likely N-dealkylation sites (tertiary alicyclic amines) is 2. The Morgan fingerprint density at radius 3 is 1.79 bits per heavy atom. The number of benzene rings is 2. The minimum absolute atomic E-state index is 0.0379. The van der Waals surface area contributed by atoms with Gasteiger partial charge >= 0.3 is 11.9 Å². The summed E-state index contributed by atoms with van der Waals surface area (Å²) in [6.45, 7) is 3.97. The van der Waals surface area contributed by atoms with E-state index in [0.717, 1.165) is 33.3 Å². The molecular formula is C29H40N2O7. The molecule has 9 heteroatoms. The normalized spacial score (nSPS) is 21.7. The van der Waals surface area contributed by atoms with Gasteiger partial charge in [0.1, 0.15) is 5.92 Å². The number of hydrogen-bond acceptors (Lipinski definition) is 9. The van der Waals surface area contributed by atoms with E-state index in [1.807, 2.05) is 48.5 Å². The number of Topliss-reactive ketones (excluding diaryl/α,β-unsaturated/α-hetero) is 1. The fraction of sp³-hybridized carbons (Fsp3) is 0.483. The van der Waals surface area contributed by atoms with Crippen LogP contribution in [0.3, 0.4) is 0 Å². The van der Waals surface area contributed by atoms with Gasteiger partial charge in [0, 0.05) is 33.3 Å². The smallest absolute Gasteiger partial charge is 0.316 e. The van der Waals surface area contributed by atoms with Crippen molar-refractivity contribution in [1.29, 1.82) is 0 Å². The highest BCUT2D eigenvalue weighted by atomic mass is 16.5. The molecule has 3 unspecified atom stereocenters. The van der Waals surface area contributed by atoms with Crippen LogP contribution in [0.4, 0.5) is 0 Å². The number of β-amino-alcohol motifs (C(OH)–C–C–N with tert-alkyl or cyclic N) is 1. The first-order valence-electron chi connectivity index (χ1n) is 12.7. The average Bonchev–Trinajstić information content (AvgIpc) is 2.95. The third kappa shape index (κ3) is 9.64. The molecule has 0 saturated carbocycles. The molecular weight excluding hydrogens is 488 g/mol. The zero-order chi connectivity index (χ0) is 27.9. The van der Waals surface area contributed by atoms with Gasteiger partial charge < -0.3 is 19.7 Å². The number of aliphatic hydroxyl groups excluding tert-OH is 2. The number of ether oxygens (including phenoxy) is 2. The van der Waals surface area contributed by atoms with E-state index in [9.17, 15) is 19.5 Å². The molecule has 208 valence electrons. The second-order valence-electron chi connectivity index (χ2n) is 9.23. The summed E-state index contributed by atoms with van der Waals surface area (Å²) in [6.07, 6.45) is 0.578. The Morgan fingerprint density at radius 1 is 0.816 bits per heavy atom. The molecule has 2 aromatic carbocycles. The summed E-state index contributed by atoms with van der Waals surface area (Å²) in [6, 6.07) is 20.2. The molecule has 9 nitrogen and oxygen atoms in total. The molecule has 2 saturated heterocycles. The lowest BCUT2D eigenvalue weighted by atomic mass is 9.93. The summed E-state index contributed by atoms with van der Waals surface area (Å²) in [7, 11) is 3.69. The monoisotopic (exact) mass is 528 g/mol. The van der Waals surface area contributed by atoms with E-state index in [0.29, 0.717) is 25.9 Å². The van der Waals surface area contributed by atoms with E-state index in [2.05, 4.69) is 26.7 Å². The molecule has 0 amide bonds. The van der Waals surface area contributed by atoms with Crippen molar-refractivity contribution < 1.29 is 34.1 Å². The standard InChI is InChI=1S/C14H19NO3.C14H17NO3.CH4O/c2*1-18-14(17)12-7-8-15(10-13(12)16)9-11-5-3-2-4-6-11;1-2/h2-6,12-13,16H,7-10H2,1H3;2-6,12H,7-10H2,1H3;2H,1H3. The van der Waals surface area contributed by atoms with Gasteiger partial charge in [-0.05, 0) is 30.5 Å². The Kier molecular flexibility index (Phi) is 13.7. The molecule has 2 fully saturated rings. The molecule has 2 heterocycles. The van der Waals surface area contributed by atoms with Gasteiger partial charge in [-0.2, -0.15) is 0 Å². The largest absolute Gasteiger partial charge is 0.469 e. The molecule has 0 bridgehead atoms. The van der Waals surface area contributed by atoms with Gasteiger partial charge in [-0.25, -0.2) is 0 Å². The Labute approximate surface area is 225 Å². The number of carbonyl (C=O) groups is 3.